The summed E-state index contributed by atoms with van der Waals surface area (Å²) in [7, 11) is 1.94. The van der Waals surface area contributed by atoms with Gasteiger partial charge in [-0.15, -0.1) is 10.2 Å². The van der Waals surface area contributed by atoms with Crippen LogP contribution < -0.4 is 9.80 Å². The minimum atomic E-state index is 0.0645. The van der Waals surface area contributed by atoms with E-state index < -0.39 is 0 Å². The molecule has 2 heterocycles. The fourth-order valence-corrected chi connectivity index (χ4v) is 3.57. The fourth-order valence-electron chi connectivity index (χ4n) is 2.79. The molecule has 0 unspecified atom stereocenters. The van der Waals surface area contributed by atoms with Crippen LogP contribution in [0.25, 0.3) is 0 Å². The Kier molecular flexibility index (Phi) is 5.93. The number of hydrogen-bond acceptors (Lipinski definition) is 6. The molecule has 1 fully saturated rings. The smallest absolute Gasteiger partial charge is 0.237 e. The molecule has 1 aliphatic rings. The molecule has 3 rings (SSSR count). The van der Waals surface area contributed by atoms with Gasteiger partial charge in [-0.05, 0) is 19.1 Å². The van der Waals surface area contributed by atoms with Crippen molar-refractivity contribution >= 4 is 29.3 Å². The third-order valence-corrected chi connectivity index (χ3v) is 5.12. The van der Waals surface area contributed by atoms with E-state index in [-0.39, 0.29) is 5.91 Å². The molecule has 0 aliphatic carbocycles. The summed E-state index contributed by atoms with van der Waals surface area (Å²) in [5, 5.41) is 9.27. The van der Waals surface area contributed by atoms with Gasteiger partial charge >= 0.3 is 0 Å². The van der Waals surface area contributed by atoms with E-state index in [1.807, 2.05) is 48.9 Å². The zero-order valence-electron chi connectivity index (χ0n) is 14.6. The van der Waals surface area contributed by atoms with E-state index in [9.17, 15) is 4.79 Å². The average molecular weight is 361 g/mol. The second-order valence-corrected chi connectivity index (χ2v) is 6.65. The number of rotatable bonds is 6. The highest BCUT2D eigenvalue weighted by Crippen LogP contribution is 2.22. The van der Waals surface area contributed by atoms with E-state index in [1.54, 1.807) is 4.90 Å². The third-order valence-electron chi connectivity index (χ3n) is 4.12. The van der Waals surface area contributed by atoms with E-state index in [0.717, 1.165) is 29.9 Å². The van der Waals surface area contributed by atoms with Crippen molar-refractivity contribution in [2.45, 2.75) is 12.1 Å². The molecule has 0 saturated carbocycles. The first-order valence-electron chi connectivity index (χ1n) is 8.41. The number of anilines is 2. The lowest BCUT2D eigenvalue weighted by molar-refractivity contribution is -0.116. The van der Waals surface area contributed by atoms with Gasteiger partial charge in [-0.1, -0.05) is 30.0 Å². The van der Waals surface area contributed by atoms with Crippen molar-refractivity contribution in [3.63, 3.8) is 0 Å². The number of para-hydroxylation sites is 1. The quantitative estimate of drug-likeness (QED) is 0.731. The van der Waals surface area contributed by atoms with Crippen molar-refractivity contribution in [1.82, 2.24) is 14.8 Å². The van der Waals surface area contributed by atoms with Crippen LogP contribution in [-0.4, -0.2) is 59.3 Å². The van der Waals surface area contributed by atoms with Crippen LogP contribution in [0.2, 0.25) is 0 Å². The van der Waals surface area contributed by atoms with Crippen molar-refractivity contribution in [1.29, 1.82) is 0 Å². The summed E-state index contributed by atoms with van der Waals surface area (Å²) in [6.45, 7) is 5.66. The largest absolute Gasteiger partial charge is 0.378 e. The molecule has 7 nitrogen and oxygen atoms in total. The normalized spacial score (nSPS) is 14.6. The summed E-state index contributed by atoms with van der Waals surface area (Å²) in [6.07, 6.45) is 0. The van der Waals surface area contributed by atoms with Gasteiger partial charge in [-0.2, -0.15) is 0 Å². The summed E-state index contributed by atoms with van der Waals surface area (Å²) in [5.74, 6) is 1.22. The highest BCUT2D eigenvalue weighted by molar-refractivity contribution is 7.99. The zero-order chi connectivity index (χ0) is 17.6. The van der Waals surface area contributed by atoms with E-state index in [0.29, 0.717) is 25.5 Å². The van der Waals surface area contributed by atoms with E-state index in [2.05, 4.69) is 15.1 Å². The molecule has 134 valence electrons. The standard InChI is InChI=1S/C17H23N5O2S/c1-3-22(14-7-5-4-6-8-14)15(23)13-25-17-19-18-16(20(17)2)21-9-11-24-12-10-21/h4-8H,3,9-13H2,1-2H3. The molecule has 0 N–H and O–H groups in total. The van der Waals surface area contributed by atoms with Gasteiger partial charge in [0.1, 0.15) is 0 Å². The van der Waals surface area contributed by atoms with Gasteiger partial charge in [0, 0.05) is 32.4 Å². The molecule has 1 aromatic carbocycles. The van der Waals surface area contributed by atoms with Crippen LogP contribution in [0.15, 0.2) is 35.5 Å². The summed E-state index contributed by atoms with van der Waals surface area (Å²) in [5.41, 5.74) is 0.919. The maximum absolute atomic E-state index is 12.6. The lowest BCUT2D eigenvalue weighted by Crippen LogP contribution is -2.37. The Labute approximate surface area is 152 Å². The van der Waals surface area contributed by atoms with Crippen LogP contribution >= 0.6 is 11.8 Å². The summed E-state index contributed by atoms with van der Waals surface area (Å²) in [6, 6.07) is 9.73. The zero-order valence-corrected chi connectivity index (χ0v) is 15.4. The maximum atomic E-state index is 12.6. The predicted molar refractivity (Wildman–Crippen MR) is 99.2 cm³/mol. The maximum Gasteiger partial charge on any atom is 0.237 e. The number of carbonyl (C=O) groups is 1. The molecule has 0 radical (unpaired) electrons. The minimum absolute atomic E-state index is 0.0645. The minimum Gasteiger partial charge on any atom is -0.378 e. The Morgan fingerprint density at radius 2 is 1.96 bits per heavy atom. The topological polar surface area (TPSA) is 63.5 Å². The van der Waals surface area contributed by atoms with Gasteiger partial charge < -0.3 is 14.5 Å². The summed E-state index contributed by atoms with van der Waals surface area (Å²) >= 11 is 1.42. The van der Waals surface area contributed by atoms with Crippen LogP contribution in [0, 0.1) is 0 Å². The second kappa shape index (κ2) is 8.35. The first kappa shape index (κ1) is 17.8. The van der Waals surface area contributed by atoms with Gasteiger partial charge in [-0.3, -0.25) is 9.36 Å². The SMILES string of the molecule is CCN(C(=O)CSc1nnc(N2CCOCC2)n1C)c1ccccc1. The lowest BCUT2D eigenvalue weighted by Gasteiger charge is -2.27. The highest BCUT2D eigenvalue weighted by Gasteiger charge is 2.20. The molecule has 1 saturated heterocycles. The highest BCUT2D eigenvalue weighted by atomic mass is 32.2. The summed E-state index contributed by atoms with van der Waals surface area (Å²) in [4.78, 5) is 16.5. The molecule has 1 amide bonds. The van der Waals surface area contributed by atoms with Crippen molar-refractivity contribution in [2.75, 3.05) is 48.4 Å². The van der Waals surface area contributed by atoms with Crippen LogP contribution in [0.1, 0.15) is 6.92 Å². The Bertz CT molecular complexity index is 700. The monoisotopic (exact) mass is 361 g/mol. The predicted octanol–water partition coefficient (Wildman–Crippen LogP) is 1.80. The van der Waals surface area contributed by atoms with Gasteiger partial charge in [0.25, 0.3) is 0 Å². The number of benzene rings is 1. The number of amides is 1. The van der Waals surface area contributed by atoms with Gasteiger partial charge in [-0.25, -0.2) is 0 Å². The molecule has 0 bridgehead atoms. The van der Waals surface area contributed by atoms with Crippen LogP contribution in [0.5, 0.6) is 0 Å². The summed E-state index contributed by atoms with van der Waals surface area (Å²) < 4.78 is 7.32. The molecule has 1 aliphatic heterocycles. The number of aromatic nitrogens is 3. The van der Waals surface area contributed by atoms with Crippen molar-refractivity contribution in [2.24, 2.45) is 7.05 Å². The van der Waals surface area contributed by atoms with Crippen LogP contribution in [0.3, 0.4) is 0 Å². The van der Waals surface area contributed by atoms with Gasteiger partial charge in [0.05, 0.1) is 19.0 Å². The van der Waals surface area contributed by atoms with Gasteiger partial charge in [0.15, 0.2) is 5.16 Å². The molecule has 1 aromatic heterocycles. The molecule has 25 heavy (non-hydrogen) atoms. The average Bonchev–Trinajstić information content (AvgIpc) is 3.03. The molecular weight excluding hydrogens is 338 g/mol. The second-order valence-electron chi connectivity index (χ2n) is 5.70. The Morgan fingerprint density at radius 3 is 2.64 bits per heavy atom. The molecule has 0 spiro atoms. The Hall–Kier alpha value is -2.06. The van der Waals surface area contributed by atoms with Crippen molar-refractivity contribution < 1.29 is 9.53 Å². The first-order valence-corrected chi connectivity index (χ1v) is 9.39. The Morgan fingerprint density at radius 1 is 1.24 bits per heavy atom. The fraction of sp³-hybridized carbons (Fsp3) is 0.471. The lowest BCUT2D eigenvalue weighted by atomic mass is 10.3. The van der Waals surface area contributed by atoms with E-state index in [4.69, 9.17) is 4.74 Å². The number of hydrogen-bond donors (Lipinski definition) is 0. The number of morpholine rings is 1. The first-order chi connectivity index (χ1) is 12.2. The number of carbonyl (C=O) groups excluding carboxylic acids is 1. The van der Waals surface area contributed by atoms with E-state index in [1.165, 1.54) is 11.8 Å². The molecule has 0 atom stereocenters. The van der Waals surface area contributed by atoms with Gasteiger partial charge in [0.2, 0.25) is 11.9 Å². The van der Waals surface area contributed by atoms with Crippen LogP contribution in [-0.2, 0) is 16.6 Å². The molecule has 8 heteroatoms. The number of nitrogens with zero attached hydrogens (tertiary/aromatic N) is 5. The molecular formula is C17H23N5O2S. The van der Waals surface area contributed by atoms with Crippen molar-refractivity contribution in [3.8, 4) is 0 Å². The molecule has 2 aromatic rings. The van der Waals surface area contributed by atoms with Crippen molar-refractivity contribution in [3.05, 3.63) is 30.3 Å². The third kappa shape index (κ3) is 4.13. The van der Waals surface area contributed by atoms with Crippen LogP contribution in [0.4, 0.5) is 11.6 Å². The number of thioether (sulfide) groups is 1. The van der Waals surface area contributed by atoms with E-state index >= 15 is 0 Å². The number of ether oxygens (including phenoxy) is 1. The Balaban J connectivity index is 1.63.